The molecule has 0 atom stereocenters. The number of para-hydroxylation sites is 1. The third-order valence-electron chi connectivity index (χ3n) is 5.73. The van der Waals surface area contributed by atoms with Crippen LogP contribution in [0.3, 0.4) is 0 Å². The highest BCUT2D eigenvalue weighted by Crippen LogP contribution is 2.41. The first-order valence-electron chi connectivity index (χ1n) is 11.2. The van der Waals surface area contributed by atoms with Gasteiger partial charge in [-0.25, -0.2) is 0 Å². The number of thioether (sulfide) groups is 1. The zero-order chi connectivity index (χ0) is 22.3. The fourth-order valence-corrected chi connectivity index (χ4v) is 5.34. The zero-order valence-electron chi connectivity index (χ0n) is 18.1. The van der Waals surface area contributed by atoms with Gasteiger partial charge in [-0.15, -0.1) is 0 Å². The van der Waals surface area contributed by atoms with Crippen molar-refractivity contribution in [1.29, 1.82) is 0 Å². The van der Waals surface area contributed by atoms with Crippen LogP contribution in [-0.4, -0.2) is 49.4 Å². The Morgan fingerprint density at radius 2 is 1.84 bits per heavy atom. The first-order valence-corrected chi connectivity index (χ1v) is 12.3. The number of halogens is 1. The van der Waals surface area contributed by atoms with Crippen molar-refractivity contribution in [1.82, 2.24) is 10.2 Å². The van der Waals surface area contributed by atoms with E-state index in [0.29, 0.717) is 16.5 Å². The van der Waals surface area contributed by atoms with Gasteiger partial charge in [0.15, 0.2) is 0 Å². The lowest BCUT2D eigenvalue weighted by molar-refractivity contribution is -0.122. The first-order chi connectivity index (χ1) is 15.6. The minimum absolute atomic E-state index is 0.00327. The van der Waals surface area contributed by atoms with E-state index in [0.717, 1.165) is 35.8 Å². The maximum absolute atomic E-state index is 13.3. The number of fused-ring (bicyclic) bond motifs is 1. The Kier molecular flexibility index (Phi) is 7.90. The van der Waals surface area contributed by atoms with E-state index in [4.69, 9.17) is 11.6 Å². The quantitative estimate of drug-likeness (QED) is 0.617. The lowest BCUT2D eigenvalue weighted by Crippen LogP contribution is -2.44. The van der Waals surface area contributed by atoms with Crippen LogP contribution < -0.4 is 10.2 Å². The molecule has 168 valence electrons. The molecule has 1 N–H and O–H groups in total. The summed E-state index contributed by atoms with van der Waals surface area (Å²) in [5.74, 6) is -0.312. The number of amides is 2. The largest absolute Gasteiger partial charge is 0.353 e. The summed E-state index contributed by atoms with van der Waals surface area (Å²) < 4.78 is 0. The molecule has 0 radical (unpaired) electrons. The Bertz CT molecular complexity index is 1000. The molecular weight excluding hydrogens is 442 g/mol. The summed E-state index contributed by atoms with van der Waals surface area (Å²) in [5.41, 5.74) is 1.63. The summed E-state index contributed by atoms with van der Waals surface area (Å²) in [4.78, 5) is 31.5. The van der Waals surface area contributed by atoms with Gasteiger partial charge < -0.3 is 10.2 Å². The Morgan fingerprint density at radius 1 is 1.06 bits per heavy atom. The molecule has 2 aromatic rings. The number of carbonyl (C=O) groups excluding carboxylic acids is 2. The number of hydrogen-bond acceptors (Lipinski definition) is 4. The van der Waals surface area contributed by atoms with Crippen molar-refractivity contribution in [2.24, 2.45) is 0 Å². The molecule has 2 amide bonds. The molecule has 4 rings (SSSR count). The molecule has 0 aliphatic carbocycles. The van der Waals surface area contributed by atoms with E-state index < -0.39 is 0 Å². The average Bonchev–Trinajstić information content (AvgIpc) is 3.05. The van der Waals surface area contributed by atoms with Crippen molar-refractivity contribution in [3.05, 3.63) is 64.0 Å². The highest BCUT2D eigenvalue weighted by atomic mass is 35.5. The Morgan fingerprint density at radius 3 is 2.62 bits per heavy atom. The van der Waals surface area contributed by atoms with Gasteiger partial charge in [-0.1, -0.05) is 60.5 Å². The highest BCUT2D eigenvalue weighted by Gasteiger charge is 2.30. The van der Waals surface area contributed by atoms with Crippen LogP contribution in [0.25, 0.3) is 6.08 Å². The molecule has 2 heterocycles. The summed E-state index contributed by atoms with van der Waals surface area (Å²) in [7, 11) is 0. The van der Waals surface area contributed by atoms with Crippen molar-refractivity contribution >= 4 is 46.9 Å². The van der Waals surface area contributed by atoms with Gasteiger partial charge in [0.2, 0.25) is 5.91 Å². The van der Waals surface area contributed by atoms with E-state index in [9.17, 15) is 9.59 Å². The van der Waals surface area contributed by atoms with Crippen LogP contribution in [0.15, 0.2) is 58.3 Å². The van der Waals surface area contributed by atoms with Crippen LogP contribution in [0.4, 0.5) is 5.69 Å². The lowest BCUT2D eigenvalue weighted by Gasteiger charge is -2.30. The highest BCUT2D eigenvalue weighted by molar-refractivity contribution is 8.04. The molecule has 0 unspecified atom stereocenters. The van der Waals surface area contributed by atoms with Crippen molar-refractivity contribution in [3.63, 3.8) is 0 Å². The summed E-state index contributed by atoms with van der Waals surface area (Å²) in [6.45, 7) is 3.66. The minimum Gasteiger partial charge on any atom is -0.353 e. The number of rotatable bonds is 6. The minimum atomic E-state index is -0.170. The van der Waals surface area contributed by atoms with Gasteiger partial charge in [-0.2, -0.15) is 0 Å². The summed E-state index contributed by atoms with van der Waals surface area (Å²) >= 11 is 7.53. The van der Waals surface area contributed by atoms with Crippen LogP contribution >= 0.6 is 23.4 Å². The number of nitrogens with zero attached hydrogens (tertiary/aromatic N) is 2. The van der Waals surface area contributed by atoms with Crippen molar-refractivity contribution in [3.8, 4) is 0 Å². The van der Waals surface area contributed by atoms with Crippen LogP contribution in [0.1, 0.15) is 31.2 Å². The number of carbonyl (C=O) groups is 2. The number of anilines is 1. The maximum atomic E-state index is 13.3. The normalized spacial score (nSPS) is 18.3. The molecule has 1 fully saturated rings. The second-order valence-electron chi connectivity index (χ2n) is 8.13. The first kappa shape index (κ1) is 22.9. The fraction of sp³-hybridized carbons (Fsp3) is 0.360. The Hall–Kier alpha value is -2.28. The molecule has 1 saturated heterocycles. The molecule has 7 heteroatoms. The topological polar surface area (TPSA) is 52.7 Å². The van der Waals surface area contributed by atoms with E-state index >= 15 is 0 Å². The molecule has 2 aliphatic rings. The molecule has 0 spiro atoms. The second kappa shape index (κ2) is 11.0. The molecule has 0 saturated carbocycles. The van der Waals surface area contributed by atoms with Gasteiger partial charge in [0.25, 0.3) is 5.91 Å². The zero-order valence-corrected chi connectivity index (χ0v) is 19.6. The third-order valence-corrected chi connectivity index (χ3v) is 7.04. The van der Waals surface area contributed by atoms with Gasteiger partial charge in [-0.05, 0) is 61.8 Å². The van der Waals surface area contributed by atoms with Crippen molar-refractivity contribution in [2.75, 3.05) is 37.6 Å². The number of likely N-dealkylation sites (tertiary alicyclic amines) is 1. The van der Waals surface area contributed by atoms with E-state index in [1.165, 1.54) is 37.4 Å². The molecule has 2 aliphatic heterocycles. The van der Waals surface area contributed by atoms with Crippen molar-refractivity contribution in [2.45, 2.75) is 30.6 Å². The maximum Gasteiger partial charge on any atom is 0.265 e. The van der Waals surface area contributed by atoms with Crippen LogP contribution in [0.5, 0.6) is 0 Å². The summed E-state index contributed by atoms with van der Waals surface area (Å²) in [5, 5.41) is 3.62. The molecule has 0 aromatic heterocycles. The molecule has 32 heavy (non-hydrogen) atoms. The number of benzene rings is 2. The van der Waals surface area contributed by atoms with E-state index in [1.54, 1.807) is 11.0 Å². The lowest BCUT2D eigenvalue weighted by atomic mass is 10.2. The predicted octanol–water partition coefficient (Wildman–Crippen LogP) is 4.81. The molecular formula is C25H28ClN3O2S. The van der Waals surface area contributed by atoms with Gasteiger partial charge in [0.05, 0.1) is 10.6 Å². The fourth-order valence-electron chi connectivity index (χ4n) is 4.08. The van der Waals surface area contributed by atoms with Gasteiger partial charge in [0, 0.05) is 23.0 Å². The SMILES string of the molecule is O=C(CN1C(=O)C(=Cc2cccc(Cl)c2)Sc2ccccc21)NCCN1CCCCCC1. The monoisotopic (exact) mass is 469 g/mol. The third kappa shape index (κ3) is 5.94. The van der Waals surface area contributed by atoms with Gasteiger partial charge in [-0.3, -0.25) is 14.5 Å². The van der Waals surface area contributed by atoms with Crippen LogP contribution in [0, 0.1) is 0 Å². The predicted molar refractivity (Wildman–Crippen MR) is 132 cm³/mol. The van der Waals surface area contributed by atoms with E-state index in [2.05, 4.69) is 10.2 Å². The molecule has 5 nitrogen and oxygen atoms in total. The standard InChI is InChI=1S/C25H28ClN3O2S/c26-20-9-7-8-19(16-20)17-23-25(31)29(21-10-3-4-11-22(21)32-23)18-24(30)27-12-15-28-13-5-1-2-6-14-28/h3-4,7-11,16-17H,1-2,5-6,12-15,18H2,(H,27,30). The molecule has 0 bridgehead atoms. The molecule has 2 aromatic carbocycles. The Labute approximate surface area is 198 Å². The van der Waals surface area contributed by atoms with E-state index in [-0.39, 0.29) is 18.4 Å². The average molecular weight is 470 g/mol. The number of hydrogen-bond donors (Lipinski definition) is 1. The second-order valence-corrected chi connectivity index (χ2v) is 9.65. The van der Waals surface area contributed by atoms with Gasteiger partial charge in [0.1, 0.15) is 6.54 Å². The Balaban J connectivity index is 1.44. The van der Waals surface area contributed by atoms with E-state index in [1.807, 2.05) is 48.5 Å². The van der Waals surface area contributed by atoms with Crippen LogP contribution in [0.2, 0.25) is 5.02 Å². The summed E-state index contributed by atoms with van der Waals surface area (Å²) in [6, 6.07) is 15.1. The number of nitrogens with one attached hydrogen (secondary N) is 1. The summed E-state index contributed by atoms with van der Waals surface area (Å²) in [6.07, 6.45) is 6.88. The van der Waals surface area contributed by atoms with Crippen LogP contribution in [-0.2, 0) is 9.59 Å². The van der Waals surface area contributed by atoms with Gasteiger partial charge >= 0.3 is 0 Å². The van der Waals surface area contributed by atoms with Crippen molar-refractivity contribution < 1.29 is 9.59 Å². The smallest absolute Gasteiger partial charge is 0.265 e.